The van der Waals surface area contributed by atoms with E-state index in [4.69, 9.17) is 0 Å². The number of rotatable bonds is 4. The van der Waals surface area contributed by atoms with E-state index in [2.05, 4.69) is 11.3 Å². The molecule has 0 spiro atoms. The van der Waals surface area contributed by atoms with Gasteiger partial charge in [-0.2, -0.15) is 0 Å². The van der Waals surface area contributed by atoms with E-state index in [1.165, 1.54) is 6.08 Å². The maximum absolute atomic E-state index is 11.3. The topological polar surface area (TPSA) is 89.7 Å². The van der Waals surface area contributed by atoms with Crippen LogP contribution in [0.15, 0.2) is 30.9 Å². The summed E-state index contributed by atoms with van der Waals surface area (Å²) in [5.74, 6) is -1.19. The largest absolute Gasteiger partial charge is 0.507 e. The number of non-ortho nitro benzene ring substituents is 1. The third kappa shape index (κ3) is 2.57. The summed E-state index contributed by atoms with van der Waals surface area (Å²) in [6.45, 7) is 3.32. The number of carbonyl (C=O) groups excluding carboxylic acids is 1. The molecule has 0 bridgehead atoms. The van der Waals surface area contributed by atoms with Crippen molar-refractivity contribution in [3.05, 3.63) is 46.5 Å². The van der Waals surface area contributed by atoms with Gasteiger partial charge in [-0.05, 0) is 6.07 Å². The predicted molar refractivity (Wildman–Crippen MR) is 55.2 cm³/mol. The molecule has 0 aliphatic rings. The number of aromatic hydroxyl groups is 1. The monoisotopic (exact) mass is 223 g/mol. The number of esters is 1. The van der Waals surface area contributed by atoms with Crippen LogP contribution in [0.2, 0.25) is 0 Å². The van der Waals surface area contributed by atoms with Gasteiger partial charge in [-0.1, -0.05) is 12.7 Å². The maximum atomic E-state index is 11.3. The van der Waals surface area contributed by atoms with Crippen LogP contribution < -0.4 is 0 Å². The second kappa shape index (κ2) is 4.92. The van der Waals surface area contributed by atoms with Crippen molar-refractivity contribution in [3.8, 4) is 5.75 Å². The highest BCUT2D eigenvalue weighted by Gasteiger charge is 2.17. The fourth-order valence-corrected chi connectivity index (χ4v) is 1.01. The summed E-state index contributed by atoms with van der Waals surface area (Å²) >= 11 is 0. The molecule has 0 amide bonds. The Morgan fingerprint density at radius 3 is 2.88 bits per heavy atom. The van der Waals surface area contributed by atoms with E-state index in [1.54, 1.807) is 0 Å². The molecule has 16 heavy (non-hydrogen) atoms. The Morgan fingerprint density at radius 1 is 1.62 bits per heavy atom. The van der Waals surface area contributed by atoms with Crippen LogP contribution in [-0.2, 0) is 4.74 Å². The Balaban J connectivity index is 3.02. The van der Waals surface area contributed by atoms with E-state index >= 15 is 0 Å². The fraction of sp³-hybridized carbons (Fsp3) is 0.100. The summed E-state index contributed by atoms with van der Waals surface area (Å²) in [7, 11) is 0. The number of phenolic OH excluding ortho intramolecular Hbond substituents is 1. The lowest BCUT2D eigenvalue weighted by Crippen LogP contribution is -2.06. The van der Waals surface area contributed by atoms with Gasteiger partial charge in [0.2, 0.25) is 0 Å². The van der Waals surface area contributed by atoms with Crippen LogP contribution in [-0.4, -0.2) is 22.6 Å². The van der Waals surface area contributed by atoms with E-state index in [9.17, 15) is 20.0 Å². The molecule has 0 heterocycles. The minimum Gasteiger partial charge on any atom is -0.507 e. The van der Waals surface area contributed by atoms with E-state index in [0.29, 0.717) is 0 Å². The van der Waals surface area contributed by atoms with Gasteiger partial charge in [-0.15, -0.1) is 0 Å². The summed E-state index contributed by atoms with van der Waals surface area (Å²) < 4.78 is 4.65. The molecule has 1 N–H and O–H groups in total. The minimum atomic E-state index is -0.832. The highest BCUT2D eigenvalue weighted by atomic mass is 16.6. The van der Waals surface area contributed by atoms with E-state index < -0.39 is 10.9 Å². The first-order chi connectivity index (χ1) is 7.56. The number of benzene rings is 1. The zero-order valence-electron chi connectivity index (χ0n) is 8.25. The molecule has 6 nitrogen and oxygen atoms in total. The summed E-state index contributed by atoms with van der Waals surface area (Å²) in [4.78, 5) is 21.1. The van der Waals surface area contributed by atoms with Gasteiger partial charge in [0, 0.05) is 12.1 Å². The van der Waals surface area contributed by atoms with Gasteiger partial charge in [0.1, 0.15) is 17.9 Å². The number of hydrogen-bond donors (Lipinski definition) is 1. The zero-order chi connectivity index (χ0) is 12.1. The first-order valence-electron chi connectivity index (χ1n) is 4.31. The number of ether oxygens (including phenoxy) is 1. The van der Waals surface area contributed by atoms with Crippen molar-refractivity contribution in [3.63, 3.8) is 0 Å². The van der Waals surface area contributed by atoms with Crippen molar-refractivity contribution in [2.75, 3.05) is 6.61 Å². The predicted octanol–water partition coefficient (Wildman–Crippen LogP) is 1.64. The van der Waals surface area contributed by atoms with Crippen LogP contribution in [0.1, 0.15) is 10.4 Å². The Labute approximate surface area is 90.9 Å². The molecule has 1 aromatic rings. The van der Waals surface area contributed by atoms with E-state index in [0.717, 1.165) is 18.2 Å². The molecular weight excluding hydrogens is 214 g/mol. The molecule has 0 unspecified atom stereocenters. The summed E-state index contributed by atoms with van der Waals surface area (Å²) in [5, 5.41) is 19.8. The van der Waals surface area contributed by atoms with Gasteiger partial charge < -0.3 is 9.84 Å². The molecule has 0 aliphatic heterocycles. The number of nitro groups is 1. The van der Waals surface area contributed by atoms with Crippen molar-refractivity contribution in [2.45, 2.75) is 0 Å². The normalized spacial score (nSPS) is 9.50. The summed E-state index contributed by atoms with van der Waals surface area (Å²) in [5.41, 5.74) is -0.528. The number of hydrogen-bond acceptors (Lipinski definition) is 5. The smallest absolute Gasteiger partial charge is 0.342 e. The van der Waals surface area contributed by atoms with Crippen molar-refractivity contribution < 1.29 is 19.6 Å². The number of nitro benzene ring substituents is 1. The molecule has 6 heteroatoms. The average Bonchev–Trinajstić information content (AvgIpc) is 2.26. The molecule has 84 valence electrons. The molecule has 0 saturated carbocycles. The van der Waals surface area contributed by atoms with Crippen LogP contribution in [0.25, 0.3) is 0 Å². The standard InChI is InChI=1S/C10H9NO5/c1-2-5-16-10(13)8-6-7(11(14)15)3-4-9(8)12/h2-4,6,12H,1,5H2. The van der Waals surface area contributed by atoms with Crippen LogP contribution in [0.5, 0.6) is 5.75 Å². The first-order valence-corrected chi connectivity index (χ1v) is 4.31. The van der Waals surface area contributed by atoms with Gasteiger partial charge in [0.05, 0.1) is 4.92 Å². The highest BCUT2D eigenvalue weighted by Crippen LogP contribution is 2.23. The molecule has 0 fully saturated rings. The Kier molecular flexibility index (Phi) is 3.60. The van der Waals surface area contributed by atoms with Crippen molar-refractivity contribution >= 4 is 11.7 Å². The molecular formula is C10H9NO5. The zero-order valence-corrected chi connectivity index (χ0v) is 8.25. The highest BCUT2D eigenvalue weighted by molar-refractivity contribution is 5.93. The molecule has 0 aliphatic carbocycles. The van der Waals surface area contributed by atoms with Gasteiger partial charge in [-0.25, -0.2) is 4.79 Å². The molecule has 0 atom stereocenters. The van der Waals surface area contributed by atoms with Gasteiger partial charge in [-0.3, -0.25) is 10.1 Å². The van der Waals surface area contributed by atoms with Gasteiger partial charge >= 0.3 is 5.97 Å². The van der Waals surface area contributed by atoms with E-state index in [-0.39, 0.29) is 23.6 Å². The Morgan fingerprint density at radius 2 is 2.31 bits per heavy atom. The fourth-order valence-electron chi connectivity index (χ4n) is 1.01. The Hall–Kier alpha value is -2.37. The van der Waals surface area contributed by atoms with Crippen molar-refractivity contribution in [1.29, 1.82) is 0 Å². The van der Waals surface area contributed by atoms with Gasteiger partial charge in [0.25, 0.3) is 5.69 Å². The molecule has 0 radical (unpaired) electrons. The SMILES string of the molecule is C=CCOC(=O)c1cc([N+](=O)[O-])ccc1O. The average molecular weight is 223 g/mol. The molecule has 1 aromatic carbocycles. The number of phenols is 1. The first kappa shape index (κ1) is 11.7. The van der Waals surface area contributed by atoms with Crippen LogP contribution in [0.3, 0.4) is 0 Å². The van der Waals surface area contributed by atoms with Crippen LogP contribution >= 0.6 is 0 Å². The van der Waals surface area contributed by atoms with Crippen molar-refractivity contribution in [1.82, 2.24) is 0 Å². The second-order valence-corrected chi connectivity index (χ2v) is 2.85. The van der Waals surface area contributed by atoms with Crippen molar-refractivity contribution in [2.24, 2.45) is 0 Å². The number of nitrogens with zero attached hydrogens (tertiary/aromatic N) is 1. The third-order valence-corrected chi connectivity index (χ3v) is 1.74. The van der Waals surface area contributed by atoms with Crippen LogP contribution in [0.4, 0.5) is 5.69 Å². The molecule has 0 aromatic heterocycles. The second-order valence-electron chi connectivity index (χ2n) is 2.85. The van der Waals surface area contributed by atoms with Crippen LogP contribution in [0, 0.1) is 10.1 Å². The lowest BCUT2D eigenvalue weighted by molar-refractivity contribution is -0.384. The number of carbonyl (C=O) groups is 1. The molecule has 1 rings (SSSR count). The summed E-state index contributed by atoms with van der Waals surface area (Å²) in [6.07, 6.45) is 1.35. The Bertz CT molecular complexity index is 441. The quantitative estimate of drug-likeness (QED) is 0.362. The summed E-state index contributed by atoms with van der Waals surface area (Å²) in [6, 6.07) is 3.13. The lowest BCUT2D eigenvalue weighted by Gasteiger charge is -2.03. The van der Waals surface area contributed by atoms with E-state index in [1.807, 2.05) is 0 Å². The third-order valence-electron chi connectivity index (χ3n) is 1.74. The molecule has 0 saturated heterocycles. The maximum Gasteiger partial charge on any atom is 0.342 e. The lowest BCUT2D eigenvalue weighted by atomic mass is 10.2. The minimum absolute atomic E-state index is 0.0268. The van der Waals surface area contributed by atoms with Gasteiger partial charge in [0.15, 0.2) is 0 Å².